The summed E-state index contributed by atoms with van der Waals surface area (Å²) in [5, 5.41) is 3.57. The molecule has 30 heavy (non-hydrogen) atoms. The molecule has 3 rings (SSSR count). The molecule has 170 valence electrons. The average molecular weight is 530 g/mol. The molecule has 2 saturated heterocycles. The highest BCUT2D eigenvalue weighted by atomic mass is 127. The summed E-state index contributed by atoms with van der Waals surface area (Å²) in [6.45, 7) is 11.2. The van der Waals surface area contributed by atoms with Crippen molar-refractivity contribution in [2.45, 2.75) is 71.5 Å². The Hall–Kier alpha value is -0.860. The zero-order valence-corrected chi connectivity index (χ0v) is 21.5. The van der Waals surface area contributed by atoms with E-state index < -0.39 is 0 Å². The smallest absolute Gasteiger partial charge is 0.193 e. The van der Waals surface area contributed by atoms with Crippen LogP contribution in [0.25, 0.3) is 0 Å². The van der Waals surface area contributed by atoms with E-state index in [0.717, 1.165) is 64.5 Å². The third-order valence-corrected chi connectivity index (χ3v) is 6.24. The standard InChI is InChI=1S/C24H39N3O2.HI/c1-18-15-19(2)23(20(3)16-18)8-11-26-24(25-4)27-12-9-21(10-13-27)29-17-22-7-5-6-14-28-22;/h15-16,21-22H,5-14,17H2,1-4H3,(H,25,26);1H. The van der Waals surface area contributed by atoms with E-state index in [1.165, 1.54) is 35.1 Å². The molecule has 0 spiro atoms. The van der Waals surface area contributed by atoms with Crippen LogP contribution in [0.2, 0.25) is 0 Å². The van der Waals surface area contributed by atoms with Crippen LogP contribution in [-0.4, -0.2) is 63.0 Å². The molecule has 1 aromatic rings. The molecule has 0 aromatic heterocycles. The van der Waals surface area contributed by atoms with E-state index >= 15 is 0 Å². The van der Waals surface area contributed by atoms with E-state index in [1.54, 1.807) is 0 Å². The van der Waals surface area contributed by atoms with Gasteiger partial charge < -0.3 is 19.7 Å². The summed E-state index contributed by atoms with van der Waals surface area (Å²) < 4.78 is 11.9. The molecule has 0 saturated carbocycles. The summed E-state index contributed by atoms with van der Waals surface area (Å²) in [6, 6.07) is 4.56. The van der Waals surface area contributed by atoms with Crippen LogP contribution in [-0.2, 0) is 15.9 Å². The number of ether oxygens (including phenoxy) is 2. The van der Waals surface area contributed by atoms with Crippen LogP contribution >= 0.6 is 24.0 Å². The zero-order chi connectivity index (χ0) is 20.6. The third-order valence-electron chi connectivity index (χ3n) is 6.24. The van der Waals surface area contributed by atoms with Crippen molar-refractivity contribution in [1.29, 1.82) is 0 Å². The number of rotatable bonds is 6. The highest BCUT2D eigenvalue weighted by Gasteiger charge is 2.23. The van der Waals surface area contributed by atoms with Gasteiger partial charge in [-0.05, 0) is 76.0 Å². The van der Waals surface area contributed by atoms with Gasteiger partial charge in [0.15, 0.2) is 5.96 Å². The van der Waals surface area contributed by atoms with Crippen molar-refractivity contribution in [3.63, 3.8) is 0 Å². The molecule has 0 bridgehead atoms. The fourth-order valence-corrected chi connectivity index (χ4v) is 4.65. The number of hydrogen-bond donors (Lipinski definition) is 1. The van der Waals surface area contributed by atoms with E-state index in [4.69, 9.17) is 9.47 Å². The Kier molecular flexibility index (Phi) is 10.9. The van der Waals surface area contributed by atoms with Crippen molar-refractivity contribution >= 4 is 29.9 Å². The summed E-state index contributed by atoms with van der Waals surface area (Å²) in [7, 11) is 1.88. The Bertz CT molecular complexity index is 658. The van der Waals surface area contributed by atoms with E-state index in [0.29, 0.717) is 12.2 Å². The van der Waals surface area contributed by atoms with Crippen molar-refractivity contribution in [2.24, 2.45) is 4.99 Å². The molecule has 1 atom stereocenters. The van der Waals surface area contributed by atoms with Gasteiger partial charge in [-0.1, -0.05) is 17.7 Å². The summed E-state index contributed by atoms with van der Waals surface area (Å²) in [4.78, 5) is 6.88. The van der Waals surface area contributed by atoms with Crippen LogP contribution in [0.1, 0.15) is 54.4 Å². The highest BCUT2D eigenvalue weighted by Crippen LogP contribution is 2.19. The molecular formula is C24H40IN3O2. The number of guanidine groups is 1. The first-order chi connectivity index (χ1) is 14.1. The number of likely N-dealkylation sites (tertiary alicyclic amines) is 1. The first-order valence-corrected chi connectivity index (χ1v) is 11.3. The van der Waals surface area contributed by atoms with Crippen LogP contribution in [0, 0.1) is 20.8 Å². The lowest BCUT2D eigenvalue weighted by atomic mass is 9.97. The molecule has 6 heteroatoms. The number of benzene rings is 1. The summed E-state index contributed by atoms with van der Waals surface area (Å²) in [5.74, 6) is 1.02. The minimum Gasteiger partial charge on any atom is -0.376 e. The SMILES string of the molecule is CN=C(NCCc1c(C)cc(C)cc1C)N1CCC(OCC2CCCCO2)CC1.I. The Morgan fingerprint density at radius 1 is 1.13 bits per heavy atom. The van der Waals surface area contributed by atoms with Crippen LogP contribution in [0.5, 0.6) is 0 Å². The van der Waals surface area contributed by atoms with Gasteiger partial charge in [0.2, 0.25) is 0 Å². The quantitative estimate of drug-likeness (QED) is 0.337. The topological polar surface area (TPSA) is 46.1 Å². The van der Waals surface area contributed by atoms with Gasteiger partial charge >= 0.3 is 0 Å². The van der Waals surface area contributed by atoms with Crippen LogP contribution in [0.15, 0.2) is 17.1 Å². The Morgan fingerprint density at radius 3 is 2.43 bits per heavy atom. The summed E-state index contributed by atoms with van der Waals surface area (Å²) in [5.41, 5.74) is 5.57. The lowest BCUT2D eigenvalue weighted by molar-refractivity contribution is -0.0721. The molecule has 2 aliphatic heterocycles. The third kappa shape index (κ3) is 7.38. The largest absolute Gasteiger partial charge is 0.376 e. The number of aliphatic imine (C=N–C) groups is 1. The van der Waals surface area contributed by atoms with Crippen molar-refractivity contribution in [2.75, 3.05) is 39.9 Å². The molecule has 2 heterocycles. The number of halogens is 1. The van der Waals surface area contributed by atoms with Crippen molar-refractivity contribution < 1.29 is 9.47 Å². The minimum absolute atomic E-state index is 0. The second-order valence-corrected chi connectivity index (χ2v) is 8.61. The molecule has 1 N–H and O–H groups in total. The molecule has 2 fully saturated rings. The molecule has 0 radical (unpaired) electrons. The van der Waals surface area contributed by atoms with Gasteiger partial charge in [-0.15, -0.1) is 24.0 Å². The number of hydrogen-bond acceptors (Lipinski definition) is 3. The second-order valence-electron chi connectivity index (χ2n) is 8.61. The van der Waals surface area contributed by atoms with Crippen molar-refractivity contribution in [3.8, 4) is 0 Å². The highest BCUT2D eigenvalue weighted by molar-refractivity contribution is 14.0. The van der Waals surface area contributed by atoms with Crippen LogP contribution in [0.4, 0.5) is 0 Å². The summed E-state index contributed by atoms with van der Waals surface area (Å²) in [6.07, 6.45) is 7.43. The number of piperidine rings is 1. The molecule has 0 amide bonds. The maximum absolute atomic E-state index is 6.15. The lowest BCUT2D eigenvalue weighted by Crippen LogP contribution is -2.47. The molecular weight excluding hydrogens is 489 g/mol. The van der Waals surface area contributed by atoms with Gasteiger partial charge in [0.05, 0.1) is 18.8 Å². The predicted octanol–water partition coefficient (Wildman–Crippen LogP) is 4.40. The minimum atomic E-state index is 0. The Morgan fingerprint density at radius 2 is 1.83 bits per heavy atom. The fourth-order valence-electron chi connectivity index (χ4n) is 4.65. The lowest BCUT2D eigenvalue weighted by Gasteiger charge is -2.35. The fraction of sp³-hybridized carbons (Fsp3) is 0.708. The zero-order valence-electron chi connectivity index (χ0n) is 19.2. The normalized spacial score (nSPS) is 20.7. The van der Waals surface area contributed by atoms with Gasteiger partial charge in [0.1, 0.15) is 0 Å². The van der Waals surface area contributed by atoms with Crippen LogP contribution < -0.4 is 5.32 Å². The number of nitrogens with one attached hydrogen (secondary N) is 1. The molecule has 5 nitrogen and oxygen atoms in total. The first-order valence-electron chi connectivity index (χ1n) is 11.3. The van der Waals surface area contributed by atoms with E-state index in [9.17, 15) is 0 Å². The summed E-state index contributed by atoms with van der Waals surface area (Å²) >= 11 is 0. The molecule has 1 aromatic carbocycles. The van der Waals surface area contributed by atoms with Gasteiger partial charge in [-0.25, -0.2) is 0 Å². The van der Waals surface area contributed by atoms with Crippen molar-refractivity contribution in [3.05, 3.63) is 34.4 Å². The van der Waals surface area contributed by atoms with Crippen molar-refractivity contribution in [1.82, 2.24) is 10.2 Å². The Balaban J connectivity index is 0.00000320. The molecule has 2 aliphatic rings. The maximum atomic E-state index is 6.15. The number of aryl methyl sites for hydroxylation is 3. The van der Waals surface area contributed by atoms with Gasteiger partial charge in [-0.2, -0.15) is 0 Å². The van der Waals surface area contributed by atoms with Gasteiger partial charge in [0.25, 0.3) is 0 Å². The van der Waals surface area contributed by atoms with E-state index in [2.05, 4.69) is 48.1 Å². The molecule has 0 aliphatic carbocycles. The Labute approximate surface area is 200 Å². The second kappa shape index (κ2) is 12.9. The van der Waals surface area contributed by atoms with Gasteiger partial charge in [0, 0.05) is 33.3 Å². The maximum Gasteiger partial charge on any atom is 0.193 e. The monoisotopic (exact) mass is 529 g/mol. The number of nitrogens with zero attached hydrogens (tertiary/aromatic N) is 2. The van der Waals surface area contributed by atoms with E-state index in [-0.39, 0.29) is 24.0 Å². The van der Waals surface area contributed by atoms with Gasteiger partial charge in [-0.3, -0.25) is 4.99 Å². The predicted molar refractivity (Wildman–Crippen MR) is 135 cm³/mol. The molecule has 1 unspecified atom stereocenters. The van der Waals surface area contributed by atoms with Crippen LogP contribution in [0.3, 0.4) is 0 Å². The first kappa shape index (κ1) is 25.4. The average Bonchev–Trinajstić information content (AvgIpc) is 2.72. The van der Waals surface area contributed by atoms with E-state index in [1.807, 2.05) is 7.05 Å².